The van der Waals surface area contributed by atoms with Crippen LogP contribution in [0, 0.1) is 0 Å². The van der Waals surface area contributed by atoms with E-state index < -0.39 is 6.04 Å². The Morgan fingerprint density at radius 1 is 1.45 bits per heavy atom. The molecule has 0 fully saturated rings. The van der Waals surface area contributed by atoms with Gasteiger partial charge in [0, 0.05) is 32.4 Å². The lowest BCUT2D eigenvalue weighted by Crippen LogP contribution is -2.45. The van der Waals surface area contributed by atoms with Crippen molar-refractivity contribution in [3.05, 3.63) is 35.4 Å². The van der Waals surface area contributed by atoms with Gasteiger partial charge in [0.1, 0.15) is 6.04 Å². The predicted octanol–water partition coefficient (Wildman–Crippen LogP) is 1.18. The number of nitrogens with one attached hydrogen (secondary N) is 1. The van der Waals surface area contributed by atoms with E-state index in [0.29, 0.717) is 25.3 Å². The fourth-order valence-corrected chi connectivity index (χ4v) is 2.31. The van der Waals surface area contributed by atoms with Gasteiger partial charge in [-0.25, -0.2) is 0 Å². The van der Waals surface area contributed by atoms with Gasteiger partial charge < -0.3 is 15.0 Å². The fourth-order valence-electron chi connectivity index (χ4n) is 2.31. The van der Waals surface area contributed by atoms with Crippen LogP contribution in [0.25, 0.3) is 0 Å². The molecule has 1 N–H and O–H groups in total. The van der Waals surface area contributed by atoms with Crippen LogP contribution in [-0.2, 0) is 16.1 Å². The molecule has 2 amide bonds. The number of rotatable bonds is 6. The highest BCUT2D eigenvalue weighted by Crippen LogP contribution is 2.24. The molecule has 0 radical (unpaired) electrons. The standard InChI is InChI=1S/C15H20N2O3/c1-11(14(18)16-8-5-9-20-2)17-10-12-6-3-4-7-13(12)15(17)19/h3-4,6-7,11H,5,8-10H2,1-2H3,(H,16,18). The summed E-state index contributed by atoms with van der Waals surface area (Å²) in [4.78, 5) is 25.9. The third-order valence-electron chi connectivity index (χ3n) is 3.52. The Bertz CT molecular complexity index is 502. The van der Waals surface area contributed by atoms with Crippen LogP contribution in [0.15, 0.2) is 24.3 Å². The monoisotopic (exact) mass is 276 g/mol. The van der Waals surface area contributed by atoms with Crippen LogP contribution in [0.1, 0.15) is 29.3 Å². The van der Waals surface area contributed by atoms with Crippen LogP contribution in [-0.4, -0.2) is 43.0 Å². The van der Waals surface area contributed by atoms with Crippen molar-refractivity contribution in [2.75, 3.05) is 20.3 Å². The smallest absolute Gasteiger partial charge is 0.255 e. The summed E-state index contributed by atoms with van der Waals surface area (Å²) < 4.78 is 4.93. The number of carbonyl (C=O) groups is 2. The topological polar surface area (TPSA) is 58.6 Å². The second-order valence-corrected chi connectivity index (χ2v) is 4.90. The zero-order valence-corrected chi connectivity index (χ0v) is 11.9. The van der Waals surface area contributed by atoms with Gasteiger partial charge in [-0.1, -0.05) is 18.2 Å². The minimum absolute atomic E-state index is 0.0693. The summed E-state index contributed by atoms with van der Waals surface area (Å²) >= 11 is 0. The van der Waals surface area contributed by atoms with E-state index in [1.54, 1.807) is 25.0 Å². The number of nitrogens with zero attached hydrogens (tertiary/aromatic N) is 1. The zero-order valence-electron chi connectivity index (χ0n) is 11.9. The molecule has 5 heteroatoms. The van der Waals surface area contributed by atoms with Gasteiger partial charge in [-0.2, -0.15) is 0 Å². The maximum Gasteiger partial charge on any atom is 0.255 e. The van der Waals surface area contributed by atoms with Crippen molar-refractivity contribution < 1.29 is 14.3 Å². The highest BCUT2D eigenvalue weighted by atomic mass is 16.5. The highest BCUT2D eigenvalue weighted by molar-refractivity contribution is 6.00. The molecule has 1 aromatic rings. The van der Waals surface area contributed by atoms with E-state index in [9.17, 15) is 9.59 Å². The molecule has 1 heterocycles. The van der Waals surface area contributed by atoms with Crippen molar-refractivity contribution in [2.24, 2.45) is 0 Å². The molecule has 1 unspecified atom stereocenters. The molecule has 0 bridgehead atoms. The predicted molar refractivity (Wildman–Crippen MR) is 75.3 cm³/mol. The SMILES string of the molecule is COCCCNC(=O)C(C)N1Cc2ccccc2C1=O. The molecule has 2 rings (SSSR count). The third-order valence-corrected chi connectivity index (χ3v) is 3.52. The van der Waals surface area contributed by atoms with E-state index in [1.165, 1.54) is 0 Å². The average Bonchev–Trinajstić information content (AvgIpc) is 2.80. The Morgan fingerprint density at radius 3 is 2.90 bits per heavy atom. The molecule has 0 aromatic heterocycles. The molecule has 1 aliphatic heterocycles. The first kappa shape index (κ1) is 14.5. The summed E-state index contributed by atoms with van der Waals surface area (Å²) in [6, 6.07) is 7.02. The van der Waals surface area contributed by atoms with Crippen LogP contribution in [0.3, 0.4) is 0 Å². The van der Waals surface area contributed by atoms with E-state index in [2.05, 4.69) is 5.32 Å². The lowest BCUT2D eigenvalue weighted by Gasteiger charge is -2.23. The van der Waals surface area contributed by atoms with Gasteiger partial charge in [0.05, 0.1) is 0 Å². The van der Waals surface area contributed by atoms with E-state index in [1.807, 2.05) is 18.2 Å². The van der Waals surface area contributed by atoms with Gasteiger partial charge in [-0.05, 0) is 25.0 Å². The van der Waals surface area contributed by atoms with Crippen LogP contribution >= 0.6 is 0 Å². The minimum Gasteiger partial charge on any atom is -0.385 e. The molecule has 5 nitrogen and oxygen atoms in total. The van der Waals surface area contributed by atoms with Crippen molar-refractivity contribution in [1.82, 2.24) is 10.2 Å². The molecule has 0 spiro atoms. The molecular weight excluding hydrogens is 256 g/mol. The Hall–Kier alpha value is -1.88. The number of amides is 2. The second kappa shape index (κ2) is 6.52. The van der Waals surface area contributed by atoms with Crippen molar-refractivity contribution in [3.8, 4) is 0 Å². The van der Waals surface area contributed by atoms with Crippen molar-refractivity contribution >= 4 is 11.8 Å². The lowest BCUT2D eigenvalue weighted by atomic mass is 10.1. The van der Waals surface area contributed by atoms with Crippen LogP contribution < -0.4 is 5.32 Å². The molecule has 0 aliphatic carbocycles. The normalized spacial score (nSPS) is 15.1. The molecule has 1 atom stereocenters. The van der Waals surface area contributed by atoms with Crippen LogP contribution in [0.5, 0.6) is 0 Å². The maximum atomic E-state index is 12.2. The van der Waals surface area contributed by atoms with E-state index in [0.717, 1.165) is 12.0 Å². The summed E-state index contributed by atoms with van der Waals surface area (Å²) in [7, 11) is 1.63. The molecule has 108 valence electrons. The average molecular weight is 276 g/mol. The summed E-state index contributed by atoms with van der Waals surface area (Å²) in [6.07, 6.45) is 0.767. The Kier molecular flexibility index (Phi) is 4.74. The molecule has 0 saturated carbocycles. The molecule has 1 aliphatic rings. The fraction of sp³-hybridized carbons (Fsp3) is 0.467. The third kappa shape index (κ3) is 2.99. The number of fused-ring (bicyclic) bond motifs is 1. The lowest BCUT2D eigenvalue weighted by molar-refractivity contribution is -0.125. The maximum absolute atomic E-state index is 12.2. The van der Waals surface area contributed by atoms with Gasteiger partial charge in [0.2, 0.25) is 5.91 Å². The number of hydrogen-bond acceptors (Lipinski definition) is 3. The summed E-state index contributed by atoms with van der Waals surface area (Å²) in [5.41, 5.74) is 1.68. The molecule has 0 saturated heterocycles. The number of hydrogen-bond donors (Lipinski definition) is 1. The highest BCUT2D eigenvalue weighted by Gasteiger charge is 2.33. The van der Waals surface area contributed by atoms with Gasteiger partial charge in [0.15, 0.2) is 0 Å². The number of benzene rings is 1. The summed E-state index contributed by atoms with van der Waals surface area (Å²) in [5.74, 6) is -0.192. The summed E-state index contributed by atoms with van der Waals surface area (Å²) in [5, 5.41) is 2.83. The van der Waals surface area contributed by atoms with E-state index >= 15 is 0 Å². The first-order valence-corrected chi connectivity index (χ1v) is 6.80. The van der Waals surface area contributed by atoms with E-state index in [4.69, 9.17) is 4.74 Å². The van der Waals surface area contributed by atoms with Crippen molar-refractivity contribution in [2.45, 2.75) is 25.9 Å². The number of methoxy groups -OCH3 is 1. The van der Waals surface area contributed by atoms with Crippen LogP contribution in [0.4, 0.5) is 0 Å². The minimum atomic E-state index is -0.461. The first-order valence-electron chi connectivity index (χ1n) is 6.80. The largest absolute Gasteiger partial charge is 0.385 e. The Balaban J connectivity index is 1.93. The zero-order chi connectivity index (χ0) is 14.5. The Morgan fingerprint density at radius 2 is 2.20 bits per heavy atom. The quantitative estimate of drug-likeness (QED) is 0.794. The van der Waals surface area contributed by atoms with Gasteiger partial charge in [0.25, 0.3) is 5.91 Å². The molecule has 20 heavy (non-hydrogen) atoms. The number of carbonyl (C=O) groups excluding carboxylic acids is 2. The molecular formula is C15H20N2O3. The van der Waals surface area contributed by atoms with Gasteiger partial charge in [-0.15, -0.1) is 0 Å². The van der Waals surface area contributed by atoms with Gasteiger partial charge in [-0.3, -0.25) is 9.59 Å². The van der Waals surface area contributed by atoms with Crippen molar-refractivity contribution in [3.63, 3.8) is 0 Å². The van der Waals surface area contributed by atoms with E-state index in [-0.39, 0.29) is 11.8 Å². The molecule has 1 aromatic carbocycles. The van der Waals surface area contributed by atoms with Crippen LogP contribution in [0.2, 0.25) is 0 Å². The van der Waals surface area contributed by atoms with Crippen molar-refractivity contribution in [1.29, 1.82) is 0 Å². The van der Waals surface area contributed by atoms with Gasteiger partial charge >= 0.3 is 0 Å². The first-order chi connectivity index (χ1) is 9.65. The second-order valence-electron chi connectivity index (χ2n) is 4.90. The summed E-state index contributed by atoms with van der Waals surface area (Å²) in [6.45, 7) is 3.44. The Labute approximate surface area is 118 Å². The number of ether oxygens (including phenoxy) is 1.